The normalized spacial score (nSPS) is 10.6. The topological polar surface area (TPSA) is 38.9 Å². The largest absolute Gasteiger partial charge is 0.399 e. The number of nitrogens with zero attached hydrogens (tertiary/aromatic N) is 1. The van der Waals surface area contributed by atoms with Crippen LogP contribution in [0.4, 0.5) is 5.69 Å². The van der Waals surface area contributed by atoms with Crippen LogP contribution in [0.25, 0.3) is 0 Å². The fourth-order valence-electron chi connectivity index (χ4n) is 1.33. The number of nitrogens with two attached hydrogens (primary N) is 1. The summed E-state index contributed by atoms with van der Waals surface area (Å²) in [4.78, 5) is 6.45. The lowest BCUT2D eigenvalue weighted by Crippen LogP contribution is -1.87. The molecule has 2 N–H and O–H groups in total. The molecule has 0 aliphatic carbocycles. The van der Waals surface area contributed by atoms with Crippen LogP contribution >= 0.6 is 34.7 Å². The summed E-state index contributed by atoms with van der Waals surface area (Å²) < 4.78 is 0.602. The minimum atomic E-state index is 0.602. The monoisotopic (exact) mass is 270 g/mol. The number of hydrogen-bond donors (Lipinski definition) is 1. The zero-order valence-corrected chi connectivity index (χ0v) is 11.1. The highest BCUT2D eigenvalue weighted by Gasteiger charge is 2.03. The van der Waals surface area contributed by atoms with E-state index in [1.165, 1.54) is 26.7 Å². The maximum Gasteiger partial charge on any atom is 0.183 e. The Bertz CT molecular complexity index is 496. The van der Waals surface area contributed by atoms with E-state index in [0.29, 0.717) is 4.47 Å². The molecule has 0 atom stereocenters. The van der Waals surface area contributed by atoms with Gasteiger partial charge in [-0.1, -0.05) is 11.6 Å². The first kappa shape index (κ1) is 11.8. The lowest BCUT2D eigenvalue weighted by atomic mass is 10.2. The van der Waals surface area contributed by atoms with Crippen molar-refractivity contribution in [1.29, 1.82) is 0 Å². The van der Waals surface area contributed by atoms with Crippen LogP contribution in [0.1, 0.15) is 10.4 Å². The van der Waals surface area contributed by atoms with Crippen molar-refractivity contribution in [2.45, 2.75) is 17.6 Å². The summed E-state index contributed by atoms with van der Waals surface area (Å²) in [6, 6.07) is 5.97. The van der Waals surface area contributed by atoms with E-state index >= 15 is 0 Å². The molecule has 0 radical (unpaired) electrons. The van der Waals surface area contributed by atoms with Gasteiger partial charge in [0.2, 0.25) is 0 Å². The van der Waals surface area contributed by atoms with Gasteiger partial charge in [-0.25, -0.2) is 4.98 Å². The third-order valence-electron chi connectivity index (χ3n) is 2.09. The van der Waals surface area contributed by atoms with E-state index in [1.807, 2.05) is 18.3 Å². The summed E-state index contributed by atoms with van der Waals surface area (Å²) in [5.41, 5.74) is 7.72. The van der Waals surface area contributed by atoms with Gasteiger partial charge in [0.25, 0.3) is 0 Å². The Hall–Kier alpha value is -0.710. The number of benzene rings is 1. The van der Waals surface area contributed by atoms with Crippen molar-refractivity contribution >= 4 is 40.4 Å². The van der Waals surface area contributed by atoms with E-state index in [0.717, 1.165) is 11.4 Å². The van der Waals surface area contributed by atoms with Gasteiger partial charge in [0.05, 0.1) is 0 Å². The molecule has 16 heavy (non-hydrogen) atoms. The van der Waals surface area contributed by atoms with Crippen molar-refractivity contribution in [3.63, 3.8) is 0 Å². The SMILES string of the molecule is Cc1cc(N)ccc1SCc1cnc(Cl)s1. The van der Waals surface area contributed by atoms with E-state index < -0.39 is 0 Å². The Kier molecular flexibility index (Phi) is 3.74. The quantitative estimate of drug-likeness (QED) is 0.677. The molecular weight excluding hydrogens is 260 g/mol. The number of nitrogen functional groups attached to an aromatic ring is 1. The van der Waals surface area contributed by atoms with Gasteiger partial charge in [-0.05, 0) is 30.7 Å². The molecule has 1 heterocycles. The Balaban J connectivity index is 2.04. The first-order chi connectivity index (χ1) is 7.65. The number of rotatable bonds is 3. The van der Waals surface area contributed by atoms with Gasteiger partial charge in [0.15, 0.2) is 4.47 Å². The van der Waals surface area contributed by atoms with E-state index in [1.54, 1.807) is 11.8 Å². The number of aryl methyl sites for hydroxylation is 1. The van der Waals surface area contributed by atoms with Crippen molar-refractivity contribution in [3.8, 4) is 0 Å². The second kappa shape index (κ2) is 5.08. The van der Waals surface area contributed by atoms with Crippen molar-refractivity contribution in [1.82, 2.24) is 4.98 Å². The van der Waals surface area contributed by atoms with E-state index in [2.05, 4.69) is 18.0 Å². The summed E-state index contributed by atoms with van der Waals surface area (Å²) in [5.74, 6) is 0.898. The molecule has 0 fully saturated rings. The third kappa shape index (κ3) is 2.90. The van der Waals surface area contributed by atoms with Gasteiger partial charge in [0.1, 0.15) is 0 Å². The van der Waals surface area contributed by atoms with E-state index in [-0.39, 0.29) is 0 Å². The van der Waals surface area contributed by atoms with Crippen LogP contribution in [-0.4, -0.2) is 4.98 Å². The predicted octanol–water partition coefficient (Wildman–Crippen LogP) is 3.98. The van der Waals surface area contributed by atoms with Crippen molar-refractivity contribution in [2.24, 2.45) is 0 Å². The predicted molar refractivity (Wildman–Crippen MR) is 72.3 cm³/mol. The van der Waals surface area contributed by atoms with E-state index in [9.17, 15) is 0 Å². The molecule has 2 aromatic rings. The molecule has 0 unspecified atom stereocenters. The Morgan fingerprint density at radius 1 is 1.50 bits per heavy atom. The van der Waals surface area contributed by atoms with Crippen LogP contribution in [0.15, 0.2) is 29.3 Å². The zero-order valence-electron chi connectivity index (χ0n) is 8.74. The molecule has 0 saturated heterocycles. The minimum Gasteiger partial charge on any atom is -0.399 e. The number of aromatic nitrogens is 1. The molecule has 1 aromatic carbocycles. The summed E-state index contributed by atoms with van der Waals surface area (Å²) in [6.45, 7) is 2.07. The number of anilines is 1. The highest BCUT2D eigenvalue weighted by Crippen LogP contribution is 2.30. The van der Waals surface area contributed by atoms with Crippen molar-refractivity contribution in [2.75, 3.05) is 5.73 Å². The Morgan fingerprint density at radius 3 is 2.94 bits per heavy atom. The molecule has 0 bridgehead atoms. The van der Waals surface area contributed by atoms with Gasteiger partial charge in [-0.2, -0.15) is 0 Å². The van der Waals surface area contributed by atoms with Gasteiger partial charge in [-0.3, -0.25) is 0 Å². The molecule has 0 saturated carbocycles. The lowest BCUT2D eigenvalue weighted by Gasteiger charge is -2.04. The Morgan fingerprint density at radius 2 is 2.31 bits per heavy atom. The number of thioether (sulfide) groups is 1. The molecule has 2 rings (SSSR count). The summed E-state index contributed by atoms with van der Waals surface area (Å²) in [5, 5.41) is 0. The molecule has 5 heteroatoms. The second-order valence-corrected chi connectivity index (χ2v) is 6.11. The first-order valence-corrected chi connectivity index (χ1v) is 6.92. The Labute approximate surface area is 108 Å². The van der Waals surface area contributed by atoms with Crippen LogP contribution in [0.5, 0.6) is 0 Å². The smallest absolute Gasteiger partial charge is 0.183 e. The maximum atomic E-state index is 5.78. The summed E-state index contributed by atoms with van der Waals surface area (Å²) >= 11 is 9.08. The average molecular weight is 271 g/mol. The number of halogens is 1. The van der Waals surface area contributed by atoms with Gasteiger partial charge < -0.3 is 5.73 Å². The molecule has 0 aliphatic heterocycles. The van der Waals surface area contributed by atoms with Crippen molar-refractivity contribution < 1.29 is 0 Å². The van der Waals surface area contributed by atoms with Gasteiger partial charge >= 0.3 is 0 Å². The average Bonchev–Trinajstić information content (AvgIpc) is 2.63. The van der Waals surface area contributed by atoms with E-state index in [4.69, 9.17) is 17.3 Å². The number of thiazole rings is 1. The van der Waals surface area contributed by atoms with Gasteiger partial charge in [-0.15, -0.1) is 23.1 Å². The lowest BCUT2D eigenvalue weighted by molar-refractivity contribution is 1.29. The molecule has 84 valence electrons. The fourth-order valence-corrected chi connectivity index (χ4v) is 3.34. The highest BCUT2D eigenvalue weighted by molar-refractivity contribution is 7.98. The maximum absolute atomic E-state index is 5.78. The summed E-state index contributed by atoms with van der Waals surface area (Å²) in [7, 11) is 0. The highest BCUT2D eigenvalue weighted by atomic mass is 35.5. The third-order valence-corrected chi connectivity index (χ3v) is 4.62. The second-order valence-electron chi connectivity index (χ2n) is 3.39. The standard InChI is InChI=1S/C11H11ClN2S2/c1-7-4-8(13)2-3-10(7)15-6-9-5-14-11(12)16-9/h2-5H,6,13H2,1H3. The summed E-state index contributed by atoms with van der Waals surface area (Å²) in [6.07, 6.45) is 1.83. The van der Waals surface area contributed by atoms with Gasteiger partial charge in [0, 0.05) is 27.4 Å². The molecule has 0 spiro atoms. The first-order valence-electron chi connectivity index (χ1n) is 4.74. The molecule has 2 nitrogen and oxygen atoms in total. The minimum absolute atomic E-state index is 0.602. The molecule has 0 aliphatic rings. The molecule has 1 aromatic heterocycles. The van der Waals surface area contributed by atoms with Crippen LogP contribution in [-0.2, 0) is 5.75 Å². The number of hydrogen-bond acceptors (Lipinski definition) is 4. The van der Waals surface area contributed by atoms with Crippen molar-refractivity contribution in [3.05, 3.63) is 39.3 Å². The molecule has 0 amide bonds. The zero-order chi connectivity index (χ0) is 11.5. The van der Waals surface area contributed by atoms with Crippen LogP contribution < -0.4 is 5.73 Å². The fraction of sp³-hybridized carbons (Fsp3) is 0.182. The van der Waals surface area contributed by atoms with Crippen LogP contribution in [0.3, 0.4) is 0 Å². The molecular formula is C11H11ClN2S2. The van der Waals surface area contributed by atoms with Crippen LogP contribution in [0, 0.1) is 6.92 Å². The van der Waals surface area contributed by atoms with Crippen LogP contribution in [0.2, 0.25) is 4.47 Å².